The first kappa shape index (κ1) is 13.4. The molecule has 1 fully saturated rings. The molecule has 0 N–H and O–H groups in total. The number of thiol groups is 1. The number of carbonyl (C=O) groups is 2. The van der Waals surface area contributed by atoms with Crippen LogP contribution < -0.4 is 0 Å². The van der Waals surface area contributed by atoms with Gasteiger partial charge in [-0.05, 0) is 25.0 Å². The molecule has 0 spiro atoms. The molecule has 0 atom stereocenters. The van der Waals surface area contributed by atoms with E-state index in [1.165, 1.54) is 0 Å². The quantitative estimate of drug-likeness (QED) is 0.554. The van der Waals surface area contributed by atoms with Crippen LogP contribution in [-0.4, -0.2) is 53.5 Å². The zero-order valence-corrected chi connectivity index (χ0v) is 10.7. The maximum atomic E-state index is 11.7. The normalized spacial score (nSPS) is 17.1. The second kappa shape index (κ2) is 6.78. The van der Waals surface area contributed by atoms with Gasteiger partial charge in [0.05, 0.1) is 13.1 Å². The van der Waals surface area contributed by atoms with E-state index in [1.54, 1.807) is 9.80 Å². The predicted octanol–water partition coefficient (Wildman–Crippen LogP) is 0.777. The van der Waals surface area contributed by atoms with Gasteiger partial charge >= 0.3 is 0 Å². The summed E-state index contributed by atoms with van der Waals surface area (Å²) in [5.41, 5.74) is 0. The molecule has 0 unspecified atom stereocenters. The molecule has 4 nitrogen and oxygen atoms in total. The van der Waals surface area contributed by atoms with Crippen molar-refractivity contribution in [2.45, 2.75) is 26.2 Å². The molecule has 1 aliphatic heterocycles. The standard InChI is InChI=1S/C11H20N2O2S/c1-2-5-12-8-11(15)13(9-10(12)14)6-3-4-7-16/h16H,2-9H2,1H3. The van der Waals surface area contributed by atoms with Crippen LogP contribution >= 0.6 is 12.6 Å². The van der Waals surface area contributed by atoms with Gasteiger partial charge < -0.3 is 9.80 Å². The largest absolute Gasteiger partial charge is 0.332 e. The van der Waals surface area contributed by atoms with Gasteiger partial charge in [0, 0.05) is 13.1 Å². The average Bonchev–Trinajstić information content (AvgIpc) is 2.25. The summed E-state index contributed by atoms with van der Waals surface area (Å²) in [6.07, 6.45) is 2.81. The lowest BCUT2D eigenvalue weighted by molar-refractivity contribution is -0.150. The molecular formula is C11H20N2O2S. The minimum atomic E-state index is 0.0761. The van der Waals surface area contributed by atoms with E-state index in [4.69, 9.17) is 0 Å². The number of amides is 2. The van der Waals surface area contributed by atoms with Crippen molar-refractivity contribution in [1.29, 1.82) is 0 Å². The molecule has 1 rings (SSSR count). The fourth-order valence-corrected chi connectivity index (χ4v) is 2.02. The lowest BCUT2D eigenvalue weighted by Crippen LogP contribution is -2.54. The summed E-state index contributed by atoms with van der Waals surface area (Å²) in [7, 11) is 0. The average molecular weight is 244 g/mol. The van der Waals surface area contributed by atoms with E-state index >= 15 is 0 Å². The van der Waals surface area contributed by atoms with E-state index in [0.717, 1.165) is 25.0 Å². The first-order valence-electron chi connectivity index (χ1n) is 5.85. The Balaban J connectivity index is 2.40. The summed E-state index contributed by atoms with van der Waals surface area (Å²) in [4.78, 5) is 26.7. The topological polar surface area (TPSA) is 40.6 Å². The number of unbranched alkanes of at least 4 members (excludes halogenated alkanes) is 1. The fraction of sp³-hybridized carbons (Fsp3) is 0.818. The van der Waals surface area contributed by atoms with Crippen molar-refractivity contribution in [3.05, 3.63) is 0 Å². The number of hydrogen-bond donors (Lipinski definition) is 1. The summed E-state index contributed by atoms with van der Waals surface area (Å²) in [5, 5.41) is 0. The van der Waals surface area contributed by atoms with Crippen LogP contribution in [0.3, 0.4) is 0 Å². The molecular weight excluding hydrogens is 224 g/mol. The maximum absolute atomic E-state index is 11.7. The number of nitrogens with zero attached hydrogens (tertiary/aromatic N) is 2. The fourth-order valence-electron chi connectivity index (χ4n) is 1.79. The van der Waals surface area contributed by atoms with Crippen molar-refractivity contribution in [1.82, 2.24) is 9.80 Å². The van der Waals surface area contributed by atoms with E-state index < -0.39 is 0 Å². The smallest absolute Gasteiger partial charge is 0.242 e. The molecule has 0 radical (unpaired) electrons. The Morgan fingerprint density at radius 3 is 2.12 bits per heavy atom. The summed E-state index contributed by atoms with van der Waals surface area (Å²) in [6.45, 7) is 3.90. The highest BCUT2D eigenvalue weighted by atomic mass is 32.1. The van der Waals surface area contributed by atoms with Gasteiger partial charge in [-0.25, -0.2) is 0 Å². The zero-order chi connectivity index (χ0) is 12.0. The molecule has 92 valence electrons. The second-order valence-electron chi connectivity index (χ2n) is 4.06. The molecule has 1 saturated heterocycles. The van der Waals surface area contributed by atoms with Crippen molar-refractivity contribution in [2.24, 2.45) is 0 Å². The van der Waals surface area contributed by atoms with Crippen LogP contribution in [0.15, 0.2) is 0 Å². The molecule has 0 aromatic heterocycles. The Hall–Kier alpha value is -0.710. The summed E-state index contributed by atoms with van der Waals surface area (Å²) < 4.78 is 0. The zero-order valence-electron chi connectivity index (χ0n) is 9.81. The van der Waals surface area contributed by atoms with E-state index in [0.29, 0.717) is 13.1 Å². The molecule has 2 amide bonds. The molecule has 0 aromatic carbocycles. The minimum absolute atomic E-state index is 0.0761. The molecule has 1 aliphatic rings. The highest BCUT2D eigenvalue weighted by Crippen LogP contribution is 2.07. The third kappa shape index (κ3) is 3.70. The molecule has 16 heavy (non-hydrogen) atoms. The van der Waals surface area contributed by atoms with Crippen molar-refractivity contribution in [3.8, 4) is 0 Å². The van der Waals surface area contributed by atoms with Crippen LogP contribution in [0.5, 0.6) is 0 Å². The lowest BCUT2D eigenvalue weighted by Gasteiger charge is -2.33. The Kier molecular flexibility index (Phi) is 5.66. The van der Waals surface area contributed by atoms with E-state index in [-0.39, 0.29) is 24.9 Å². The first-order valence-corrected chi connectivity index (χ1v) is 6.48. The molecule has 5 heteroatoms. The van der Waals surface area contributed by atoms with E-state index in [9.17, 15) is 9.59 Å². The highest BCUT2D eigenvalue weighted by molar-refractivity contribution is 7.80. The maximum Gasteiger partial charge on any atom is 0.242 e. The van der Waals surface area contributed by atoms with Gasteiger partial charge in [0.2, 0.25) is 11.8 Å². The van der Waals surface area contributed by atoms with E-state index in [1.807, 2.05) is 6.92 Å². The number of rotatable bonds is 6. The van der Waals surface area contributed by atoms with Gasteiger partial charge in [-0.1, -0.05) is 6.92 Å². The van der Waals surface area contributed by atoms with Gasteiger partial charge in [0.1, 0.15) is 0 Å². The monoisotopic (exact) mass is 244 g/mol. The van der Waals surface area contributed by atoms with Gasteiger partial charge in [-0.2, -0.15) is 12.6 Å². The molecule has 1 heterocycles. The highest BCUT2D eigenvalue weighted by Gasteiger charge is 2.28. The Morgan fingerprint density at radius 2 is 1.62 bits per heavy atom. The van der Waals surface area contributed by atoms with Crippen LogP contribution in [-0.2, 0) is 9.59 Å². The van der Waals surface area contributed by atoms with E-state index in [2.05, 4.69) is 12.6 Å². The third-order valence-electron chi connectivity index (χ3n) is 2.69. The first-order chi connectivity index (χ1) is 7.69. The van der Waals surface area contributed by atoms with Gasteiger partial charge in [0.15, 0.2) is 0 Å². The molecule has 0 saturated carbocycles. The van der Waals surface area contributed by atoms with Crippen molar-refractivity contribution in [2.75, 3.05) is 31.9 Å². The number of carbonyl (C=O) groups excluding carboxylic acids is 2. The van der Waals surface area contributed by atoms with Crippen molar-refractivity contribution < 1.29 is 9.59 Å². The summed E-state index contributed by atoms with van der Waals surface area (Å²) >= 11 is 4.12. The van der Waals surface area contributed by atoms with Gasteiger partial charge in [-0.15, -0.1) is 0 Å². The van der Waals surface area contributed by atoms with Crippen LogP contribution in [0.25, 0.3) is 0 Å². The van der Waals surface area contributed by atoms with Crippen molar-refractivity contribution in [3.63, 3.8) is 0 Å². The minimum Gasteiger partial charge on any atom is -0.332 e. The van der Waals surface area contributed by atoms with Gasteiger partial charge in [-0.3, -0.25) is 9.59 Å². The van der Waals surface area contributed by atoms with Crippen molar-refractivity contribution >= 4 is 24.4 Å². The number of hydrogen-bond acceptors (Lipinski definition) is 3. The van der Waals surface area contributed by atoms with Crippen LogP contribution in [0.2, 0.25) is 0 Å². The number of piperazine rings is 1. The van der Waals surface area contributed by atoms with Crippen LogP contribution in [0, 0.1) is 0 Å². The van der Waals surface area contributed by atoms with Crippen LogP contribution in [0.4, 0.5) is 0 Å². The summed E-state index contributed by atoms with van der Waals surface area (Å²) in [5.74, 6) is 0.984. The molecule has 0 aromatic rings. The third-order valence-corrected chi connectivity index (χ3v) is 3.00. The SMILES string of the molecule is CCCN1CC(=O)N(CCCCS)CC1=O. The summed E-state index contributed by atoms with van der Waals surface area (Å²) in [6, 6.07) is 0. The van der Waals surface area contributed by atoms with Gasteiger partial charge in [0.25, 0.3) is 0 Å². The predicted molar refractivity (Wildman–Crippen MR) is 66.5 cm³/mol. The molecule has 0 aliphatic carbocycles. The van der Waals surface area contributed by atoms with Crippen LogP contribution in [0.1, 0.15) is 26.2 Å². The Morgan fingerprint density at radius 1 is 1.06 bits per heavy atom. The lowest BCUT2D eigenvalue weighted by atomic mass is 10.2. The Labute approximate surface area is 102 Å². The Bertz CT molecular complexity index is 258. The second-order valence-corrected chi connectivity index (χ2v) is 4.51. The molecule has 0 bridgehead atoms.